The van der Waals surface area contributed by atoms with Crippen molar-refractivity contribution in [2.75, 3.05) is 6.54 Å². The summed E-state index contributed by atoms with van der Waals surface area (Å²) in [6.45, 7) is 10.1. The van der Waals surface area contributed by atoms with Gasteiger partial charge in [-0.05, 0) is 49.6 Å². The molecule has 0 unspecified atom stereocenters. The van der Waals surface area contributed by atoms with Crippen molar-refractivity contribution in [3.8, 4) is 0 Å². The van der Waals surface area contributed by atoms with E-state index in [2.05, 4.69) is 26.3 Å². The summed E-state index contributed by atoms with van der Waals surface area (Å²) in [7, 11) is 0. The zero-order valence-corrected chi connectivity index (χ0v) is 28.3. The maximum absolute atomic E-state index is 13.5. The third-order valence-electron chi connectivity index (χ3n) is 8.65. The fraction of sp³-hybridized carbons (Fsp3) is 0.588. The molecule has 11 nitrogen and oxygen atoms in total. The quantitative estimate of drug-likeness (QED) is 0.160. The van der Waals surface area contributed by atoms with E-state index in [-0.39, 0.29) is 59.0 Å². The minimum absolute atomic E-state index is 0.0178. The van der Waals surface area contributed by atoms with Gasteiger partial charge in [-0.2, -0.15) is 0 Å². The van der Waals surface area contributed by atoms with E-state index in [1.54, 1.807) is 6.92 Å². The summed E-state index contributed by atoms with van der Waals surface area (Å²) >= 11 is 1.06. The number of piperidine rings is 1. The molecule has 252 valence electrons. The summed E-state index contributed by atoms with van der Waals surface area (Å²) in [5.41, 5.74) is 1.04. The highest BCUT2D eigenvalue weighted by molar-refractivity contribution is 7.11. The maximum atomic E-state index is 13.5. The van der Waals surface area contributed by atoms with Crippen molar-refractivity contribution >= 4 is 40.8 Å². The van der Waals surface area contributed by atoms with Crippen molar-refractivity contribution in [1.29, 1.82) is 0 Å². The van der Waals surface area contributed by atoms with Crippen LogP contribution in [0.5, 0.6) is 0 Å². The summed E-state index contributed by atoms with van der Waals surface area (Å²) in [5.74, 6) is -3.11. The number of Topliss-reactive ketones (excluding diaryl/α,β-unsaturated/α-hetero) is 1. The van der Waals surface area contributed by atoms with Crippen LogP contribution in [0.2, 0.25) is 0 Å². The average Bonchev–Trinajstić information content (AvgIpc) is 3.54. The Morgan fingerprint density at radius 2 is 1.74 bits per heavy atom. The smallest absolute Gasteiger partial charge is 0.306 e. The van der Waals surface area contributed by atoms with Gasteiger partial charge < -0.3 is 26.4 Å². The molecule has 6 atom stereocenters. The largest absolute Gasteiger partial charge is 0.481 e. The molecule has 2 aromatic rings. The van der Waals surface area contributed by atoms with Crippen molar-refractivity contribution in [2.45, 2.75) is 104 Å². The van der Waals surface area contributed by atoms with Crippen LogP contribution in [0.1, 0.15) is 99.0 Å². The van der Waals surface area contributed by atoms with Crippen molar-refractivity contribution < 1.29 is 29.1 Å². The van der Waals surface area contributed by atoms with E-state index in [0.717, 1.165) is 42.7 Å². The second-order valence-electron chi connectivity index (χ2n) is 12.7. The summed E-state index contributed by atoms with van der Waals surface area (Å²) in [5, 5.41) is 23.2. The zero-order chi connectivity index (χ0) is 33.8. The lowest BCUT2D eigenvalue weighted by Gasteiger charge is -2.30. The number of benzene rings is 1. The predicted molar refractivity (Wildman–Crippen MR) is 178 cm³/mol. The Kier molecular flexibility index (Phi) is 14.3. The van der Waals surface area contributed by atoms with Gasteiger partial charge in [-0.1, -0.05) is 77.8 Å². The molecule has 1 saturated heterocycles. The first kappa shape index (κ1) is 36.8. The first-order chi connectivity index (χ1) is 21.9. The Labute approximate surface area is 275 Å². The number of thiazole rings is 1. The monoisotopic (exact) mass is 655 g/mol. The van der Waals surface area contributed by atoms with Crippen LogP contribution < -0.4 is 21.3 Å². The molecule has 0 spiro atoms. The molecule has 1 fully saturated rings. The molecule has 3 rings (SSSR count). The number of aliphatic carboxylic acids is 1. The summed E-state index contributed by atoms with van der Waals surface area (Å²) < 4.78 is 0. The summed E-state index contributed by atoms with van der Waals surface area (Å²) in [6, 6.07) is 7.48. The first-order valence-electron chi connectivity index (χ1n) is 16.3. The zero-order valence-electron chi connectivity index (χ0n) is 27.5. The first-order valence-corrected chi connectivity index (χ1v) is 17.2. The predicted octanol–water partition coefficient (Wildman–Crippen LogP) is 3.98. The van der Waals surface area contributed by atoms with Crippen LogP contribution in [0.4, 0.5) is 0 Å². The van der Waals surface area contributed by atoms with E-state index < -0.39 is 35.9 Å². The van der Waals surface area contributed by atoms with Gasteiger partial charge in [0.05, 0.1) is 12.0 Å². The Morgan fingerprint density at radius 1 is 1.02 bits per heavy atom. The third-order valence-corrected chi connectivity index (χ3v) is 9.54. The van der Waals surface area contributed by atoms with Gasteiger partial charge in [0.2, 0.25) is 11.8 Å². The molecule has 2 heterocycles. The average molecular weight is 656 g/mol. The number of carboxylic acids is 1. The number of carbonyl (C=O) groups is 5. The highest BCUT2D eigenvalue weighted by atomic mass is 32.1. The molecular formula is C34H49N5O6S. The van der Waals surface area contributed by atoms with E-state index in [0.29, 0.717) is 12.8 Å². The van der Waals surface area contributed by atoms with Gasteiger partial charge in [-0.3, -0.25) is 24.0 Å². The maximum Gasteiger partial charge on any atom is 0.306 e. The van der Waals surface area contributed by atoms with Crippen molar-refractivity contribution in [3.05, 3.63) is 52.0 Å². The van der Waals surface area contributed by atoms with Crippen LogP contribution in [0, 0.1) is 17.8 Å². The van der Waals surface area contributed by atoms with E-state index in [4.69, 9.17) is 0 Å². The molecule has 0 bridgehead atoms. The van der Waals surface area contributed by atoms with E-state index in [9.17, 15) is 29.1 Å². The Morgan fingerprint density at radius 3 is 2.35 bits per heavy atom. The highest BCUT2D eigenvalue weighted by Crippen LogP contribution is 2.19. The van der Waals surface area contributed by atoms with Gasteiger partial charge in [-0.15, -0.1) is 11.3 Å². The molecule has 3 amide bonds. The standard InChI is InChI=1S/C34H49N5O6S/c1-6-21(4)29(39-30(41)25-14-10-11-15-35-25)32(43)37-26(20(2)3)18-28(40)33-38-27(19-46-33)31(42)36-24(16-22(5)34(44)45)17-23-12-8-7-9-13-23/h7-9,12-13,19-22,24-26,29,35H,6,10-11,14-18H2,1-5H3,(H,36,42)(H,37,43)(H,39,41)(H,44,45)/t21-,22+,24-,25-,26-,29+/m1/s1. The summed E-state index contributed by atoms with van der Waals surface area (Å²) in [6.07, 6.45) is 4.06. The molecule has 0 radical (unpaired) electrons. The van der Waals surface area contributed by atoms with Gasteiger partial charge in [-0.25, -0.2) is 4.98 Å². The number of aromatic nitrogens is 1. The van der Waals surface area contributed by atoms with E-state index in [1.807, 2.05) is 58.0 Å². The summed E-state index contributed by atoms with van der Waals surface area (Å²) in [4.78, 5) is 68.7. The minimum atomic E-state index is -0.945. The van der Waals surface area contributed by atoms with Gasteiger partial charge in [0.25, 0.3) is 5.91 Å². The Hall–Kier alpha value is -3.64. The van der Waals surface area contributed by atoms with Crippen LogP contribution in [-0.4, -0.2) is 70.3 Å². The van der Waals surface area contributed by atoms with Crippen LogP contribution in [-0.2, 0) is 20.8 Å². The van der Waals surface area contributed by atoms with Gasteiger partial charge >= 0.3 is 5.97 Å². The SMILES string of the molecule is CC[C@@H](C)[C@H](NC(=O)[C@H]1CCCCN1)C(=O)N[C@H](CC(=O)c1nc(C(=O)N[C@@H](Cc2ccccc2)C[C@H](C)C(=O)O)cs1)C(C)C. The number of nitrogens with zero attached hydrogens (tertiary/aromatic N) is 1. The fourth-order valence-electron chi connectivity index (χ4n) is 5.43. The van der Waals surface area contributed by atoms with Crippen molar-refractivity contribution in [2.24, 2.45) is 17.8 Å². The normalized spacial score (nSPS) is 18.1. The topological polar surface area (TPSA) is 167 Å². The van der Waals surface area contributed by atoms with Crippen molar-refractivity contribution in [1.82, 2.24) is 26.3 Å². The van der Waals surface area contributed by atoms with Crippen LogP contribution >= 0.6 is 11.3 Å². The number of ketones is 1. The van der Waals surface area contributed by atoms with E-state index >= 15 is 0 Å². The number of amides is 3. The molecule has 0 saturated carbocycles. The van der Waals surface area contributed by atoms with Gasteiger partial charge in [0, 0.05) is 23.9 Å². The number of rotatable bonds is 17. The number of nitrogens with one attached hydrogen (secondary N) is 4. The molecule has 1 aliphatic rings. The lowest BCUT2D eigenvalue weighted by molar-refractivity contribution is -0.141. The molecule has 5 N–H and O–H groups in total. The number of carbonyl (C=O) groups excluding carboxylic acids is 4. The molecule has 1 aromatic carbocycles. The fourth-order valence-corrected chi connectivity index (χ4v) is 6.18. The second kappa shape index (κ2) is 17.9. The number of hydrogen-bond acceptors (Lipinski definition) is 8. The van der Waals surface area contributed by atoms with E-state index in [1.165, 1.54) is 5.38 Å². The Bertz CT molecular complexity index is 1330. The molecule has 1 aliphatic heterocycles. The van der Waals surface area contributed by atoms with Crippen LogP contribution in [0.3, 0.4) is 0 Å². The molecule has 12 heteroatoms. The molecule has 46 heavy (non-hydrogen) atoms. The Balaban J connectivity index is 1.65. The third kappa shape index (κ3) is 11.0. The number of carboxylic acid groups (broad SMARTS) is 1. The molecular weight excluding hydrogens is 606 g/mol. The lowest BCUT2D eigenvalue weighted by atomic mass is 9.94. The van der Waals surface area contributed by atoms with Gasteiger partial charge in [0.15, 0.2) is 10.8 Å². The van der Waals surface area contributed by atoms with Gasteiger partial charge in [0.1, 0.15) is 11.7 Å². The number of hydrogen-bond donors (Lipinski definition) is 5. The van der Waals surface area contributed by atoms with Crippen LogP contribution in [0.15, 0.2) is 35.7 Å². The lowest BCUT2D eigenvalue weighted by Crippen LogP contribution is -2.57. The molecule has 0 aliphatic carbocycles. The molecule has 1 aromatic heterocycles. The second-order valence-corrected chi connectivity index (χ2v) is 13.6. The highest BCUT2D eigenvalue weighted by Gasteiger charge is 2.32. The van der Waals surface area contributed by atoms with Crippen LogP contribution in [0.25, 0.3) is 0 Å². The minimum Gasteiger partial charge on any atom is -0.481 e. The van der Waals surface area contributed by atoms with Crippen molar-refractivity contribution in [3.63, 3.8) is 0 Å².